The third kappa shape index (κ3) is 4.16. The Morgan fingerprint density at radius 3 is 2.89 bits per heavy atom. The lowest BCUT2D eigenvalue weighted by Gasteiger charge is -2.31. The molecule has 3 heterocycles. The summed E-state index contributed by atoms with van der Waals surface area (Å²) in [6.07, 6.45) is 3.13. The van der Waals surface area contributed by atoms with Crippen LogP contribution in [-0.2, 0) is 0 Å². The van der Waals surface area contributed by atoms with Gasteiger partial charge >= 0.3 is 0 Å². The first kappa shape index (κ1) is 18.9. The molecular weight excluding hydrogens is 396 g/mol. The molecule has 4 rings (SSSR count). The normalized spacial score (nSPS) is 16.8. The highest BCUT2D eigenvalue weighted by Gasteiger charge is 2.19. The van der Waals surface area contributed by atoms with Crippen molar-refractivity contribution in [2.45, 2.75) is 18.9 Å². The number of aliphatic hydroxyl groups is 1. The van der Waals surface area contributed by atoms with Gasteiger partial charge in [-0.3, -0.25) is 10.1 Å². The molecule has 1 aliphatic heterocycles. The monoisotopic (exact) mass is 414 g/mol. The van der Waals surface area contributed by atoms with Gasteiger partial charge in [0.1, 0.15) is 5.69 Å². The van der Waals surface area contributed by atoms with Crippen molar-refractivity contribution < 1.29 is 9.90 Å². The number of pyridine rings is 1. The van der Waals surface area contributed by atoms with Gasteiger partial charge in [0.2, 0.25) is 0 Å². The number of carbonyl (C=O) groups excluding carboxylic acids is 1. The molecule has 0 aliphatic carbocycles. The van der Waals surface area contributed by atoms with Crippen molar-refractivity contribution in [2.75, 3.05) is 23.3 Å². The van der Waals surface area contributed by atoms with E-state index in [1.54, 1.807) is 18.3 Å². The van der Waals surface area contributed by atoms with E-state index >= 15 is 0 Å². The minimum atomic E-state index is -0.315. The van der Waals surface area contributed by atoms with Crippen LogP contribution < -0.4 is 10.2 Å². The summed E-state index contributed by atoms with van der Waals surface area (Å²) in [5.41, 5.74) is 2.77. The van der Waals surface area contributed by atoms with Crippen LogP contribution in [0, 0.1) is 0 Å². The maximum absolute atomic E-state index is 12.5. The van der Waals surface area contributed by atoms with Crippen molar-refractivity contribution in [1.29, 1.82) is 0 Å². The Bertz CT molecular complexity index is 976. The topological polar surface area (TPSA) is 78.4 Å². The second kappa shape index (κ2) is 8.26. The lowest BCUT2D eigenvalue weighted by molar-refractivity contribution is 0.102. The Morgan fingerprint density at radius 2 is 2.14 bits per heavy atom. The van der Waals surface area contributed by atoms with Crippen molar-refractivity contribution in [3.63, 3.8) is 0 Å². The number of rotatable bonds is 4. The molecule has 1 aromatic carbocycles. The van der Waals surface area contributed by atoms with Crippen LogP contribution in [0.5, 0.6) is 0 Å². The van der Waals surface area contributed by atoms with E-state index in [4.69, 9.17) is 11.6 Å². The summed E-state index contributed by atoms with van der Waals surface area (Å²) in [6.45, 7) is 1.48. The number of anilines is 2. The average Bonchev–Trinajstić information content (AvgIpc) is 3.16. The second-order valence-corrected chi connectivity index (χ2v) is 7.88. The van der Waals surface area contributed by atoms with E-state index in [2.05, 4.69) is 20.2 Å². The molecule has 0 bridgehead atoms. The summed E-state index contributed by atoms with van der Waals surface area (Å²) in [5.74, 6) is -0.315. The number of halogens is 1. The fraction of sp³-hybridized carbons (Fsp3) is 0.250. The van der Waals surface area contributed by atoms with E-state index in [9.17, 15) is 9.90 Å². The molecule has 1 amide bonds. The van der Waals surface area contributed by atoms with Gasteiger partial charge in [0.05, 0.1) is 23.7 Å². The lowest BCUT2D eigenvalue weighted by atomic mass is 10.1. The van der Waals surface area contributed by atoms with Gasteiger partial charge in [0.25, 0.3) is 5.91 Å². The van der Waals surface area contributed by atoms with E-state index in [-0.39, 0.29) is 12.0 Å². The number of carbonyl (C=O) groups is 1. The zero-order valence-corrected chi connectivity index (χ0v) is 16.6. The Hall–Kier alpha value is -2.48. The fourth-order valence-electron chi connectivity index (χ4n) is 3.18. The van der Waals surface area contributed by atoms with E-state index in [1.165, 1.54) is 11.3 Å². The summed E-state index contributed by atoms with van der Waals surface area (Å²) in [7, 11) is 0. The molecule has 1 saturated heterocycles. The number of aliphatic hydroxyl groups excluding tert-OH is 1. The van der Waals surface area contributed by atoms with Crippen molar-refractivity contribution in [3.8, 4) is 11.3 Å². The number of aromatic nitrogens is 2. The number of nitrogens with one attached hydrogen (secondary N) is 1. The maximum atomic E-state index is 12.5. The Balaban J connectivity index is 1.43. The molecule has 0 saturated carbocycles. The molecule has 1 unspecified atom stereocenters. The predicted molar refractivity (Wildman–Crippen MR) is 112 cm³/mol. The molecule has 0 radical (unpaired) electrons. The first-order chi connectivity index (χ1) is 13.6. The number of amides is 1. The van der Waals surface area contributed by atoms with Gasteiger partial charge in [0, 0.05) is 29.1 Å². The van der Waals surface area contributed by atoms with Crippen molar-refractivity contribution in [1.82, 2.24) is 9.97 Å². The third-order valence-electron chi connectivity index (χ3n) is 4.62. The summed E-state index contributed by atoms with van der Waals surface area (Å²) in [4.78, 5) is 23.3. The fourth-order valence-corrected chi connectivity index (χ4v) is 4.12. The predicted octanol–water partition coefficient (Wildman–Crippen LogP) is 4.07. The van der Waals surface area contributed by atoms with Crippen LogP contribution in [0.25, 0.3) is 11.3 Å². The van der Waals surface area contributed by atoms with Gasteiger partial charge < -0.3 is 10.0 Å². The van der Waals surface area contributed by atoms with Crippen LogP contribution >= 0.6 is 22.9 Å². The number of hydrogen-bond donors (Lipinski definition) is 2. The van der Waals surface area contributed by atoms with Gasteiger partial charge in [-0.25, -0.2) is 9.97 Å². The van der Waals surface area contributed by atoms with Gasteiger partial charge in [-0.15, -0.1) is 11.3 Å². The average molecular weight is 415 g/mol. The molecule has 2 aromatic heterocycles. The van der Waals surface area contributed by atoms with Gasteiger partial charge in [0.15, 0.2) is 5.13 Å². The lowest BCUT2D eigenvalue weighted by Crippen LogP contribution is -2.38. The number of thiazole rings is 1. The van der Waals surface area contributed by atoms with Crippen LogP contribution in [0.3, 0.4) is 0 Å². The molecule has 144 valence electrons. The van der Waals surface area contributed by atoms with Crippen molar-refractivity contribution in [2.24, 2.45) is 0 Å². The van der Waals surface area contributed by atoms with Crippen molar-refractivity contribution in [3.05, 3.63) is 58.7 Å². The number of benzene rings is 1. The summed E-state index contributed by atoms with van der Waals surface area (Å²) in [6, 6.07) is 11.0. The zero-order chi connectivity index (χ0) is 19.5. The van der Waals surface area contributed by atoms with Gasteiger partial charge in [-0.2, -0.15) is 0 Å². The van der Waals surface area contributed by atoms with E-state index < -0.39 is 0 Å². The first-order valence-electron chi connectivity index (χ1n) is 9.01. The minimum absolute atomic E-state index is 0.311. The second-order valence-electron chi connectivity index (χ2n) is 6.62. The van der Waals surface area contributed by atoms with Crippen LogP contribution in [0.2, 0.25) is 5.02 Å². The molecule has 28 heavy (non-hydrogen) atoms. The number of hydrogen-bond acceptors (Lipinski definition) is 6. The van der Waals surface area contributed by atoms with Crippen LogP contribution in [-0.4, -0.2) is 40.2 Å². The number of β-amino-alcohol motifs (C(OH)–C–C–N with tert-alkyl or cyclic N) is 1. The molecule has 2 N–H and O–H groups in total. The van der Waals surface area contributed by atoms with Crippen LogP contribution in [0.4, 0.5) is 10.8 Å². The van der Waals surface area contributed by atoms with Crippen LogP contribution in [0.15, 0.2) is 48.0 Å². The molecule has 6 nitrogen and oxygen atoms in total. The van der Waals surface area contributed by atoms with E-state index in [0.717, 1.165) is 36.3 Å². The van der Waals surface area contributed by atoms with Gasteiger partial charge in [-0.05, 0) is 31.0 Å². The highest BCUT2D eigenvalue weighted by atomic mass is 35.5. The Kier molecular flexibility index (Phi) is 5.57. The van der Waals surface area contributed by atoms with Gasteiger partial charge in [-0.1, -0.05) is 29.8 Å². The minimum Gasteiger partial charge on any atom is -0.391 e. The highest BCUT2D eigenvalue weighted by Crippen LogP contribution is 2.30. The Morgan fingerprint density at radius 1 is 1.29 bits per heavy atom. The summed E-state index contributed by atoms with van der Waals surface area (Å²) in [5, 5.41) is 15.6. The first-order valence-corrected chi connectivity index (χ1v) is 10.3. The van der Waals surface area contributed by atoms with Crippen LogP contribution in [0.1, 0.15) is 23.3 Å². The SMILES string of the molecule is O=C(Nc1nc(-c2ccccc2Cl)cs1)c1ccc(N2CCCC(O)C2)cn1. The quantitative estimate of drug-likeness (QED) is 0.672. The van der Waals surface area contributed by atoms with Crippen molar-refractivity contribution >= 4 is 39.7 Å². The Labute approximate surface area is 171 Å². The number of nitrogens with zero attached hydrogens (tertiary/aromatic N) is 3. The smallest absolute Gasteiger partial charge is 0.276 e. The molecule has 3 aromatic rings. The molecular formula is C20H19ClN4O2S. The largest absolute Gasteiger partial charge is 0.391 e. The zero-order valence-electron chi connectivity index (χ0n) is 15.0. The summed E-state index contributed by atoms with van der Waals surface area (Å²) >= 11 is 7.54. The van der Waals surface area contributed by atoms with E-state index in [1.807, 2.05) is 29.6 Å². The highest BCUT2D eigenvalue weighted by molar-refractivity contribution is 7.14. The van der Waals surface area contributed by atoms with E-state index in [0.29, 0.717) is 22.4 Å². The molecule has 1 fully saturated rings. The summed E-state index contributed by atoms with van der Waals surface area (Å²) < 4.78 is 0. The standard InChI is InChI=1S/C20H19ClN4O2S/c21-16-6-2-1-5-15(16)18-12-28-20(23-18)24-19(27)17-8-7-13(10-22-17)25-9-3-4-14(26)11-25/h1-2,5-8,10,12,14,26H,3-4,9,11H2,(H,23,24,27). The third-order valence-corrected chi connectivity index (χ3v) is 5.70. The molecule has 8 heteroatoms. The maximum Gasteiger partial charge on any atom is 0.276 e. The number of piperidine rings is 1. The molecule has 0 spiro atoms. The molecule has 1 atom stereocenters. The molecule has 1 aliphatic rings.